The minimum Gasteiger partial charge on any atom is -0.462 e. The minimum absolute atomic E-state index is 0.0129. The molecule has 2 saturated heterocycles. The van der Waals surface area contributed by atoms with Crippen molar-refractivity contribution in [2.24, 2.45) is 22.7 Å². The molecule has 3 heterocycles. The molecule has 0 amide bonds. The molecule has 5 rings (SSSR count). The van der Waals surface area contributed by atoms with Gasteiger partial charge >= 0.3 is 11.9 Å². The number of fused-ring (bicyclic) bond motifs is 1. The number of cyclic esters (lactones) is 1. The lowest BCUT2D eigenvalue weighted by Crippen LogP contribution is -2.72. The first kappa shape index (κ1) is 19.2. The summed E-state index contributed by atoms with van der Waals surface area (Å²) >= 11 is 0. The van der Waals surface area contributed by atoms with Crippen LogP contribution in [0.4, 0.5) is 0 Å². The van der Waals surface area contributed by atoms with Crippen LogP contribution in [0.5, 0.6) is 0 Å². The summed E-state index contributed by atoms with van der Waals surface area (Å²) in [5.74, 6) is -0.451. The van der Waals surface area contributed by atoms with Crippen LogP contribution in [0.25, 0.3) is 0 Å². The Labute approximate surface area is 170 Å². The fourth-order valence-corrected chi connectivity index (χ4v) is 6.96. The molecule has 0 radical (unpaired) electrons. The van der Waals surface area contributed by atoms with Crippen molar-refractivity contribution >= 4 is 17.7 Å². The third-order valence-corrected chi connectivity index (χ3v) is 8.60. The Morgan fingerprint density at radius 2 is 2.00 bits per heavy atom. The minimum atomic E-state index is -0.891. The monoisotopic (exact) mass is 404 g/mol. The van der Waals surface area contributed by atoms with Crippen molar-refractivity contribution in [1.29, 1.82) is 0 Å². The average molecular weight is 404 g/mol. The smallest absolute Gasteiger partial charge is 0.336 e. The fourth-order valence-electron chi connectivity index (χ4n) is 6.96. The van der Waals surface area contributed by atoms with Crippen LogP contribution in [0.1, 0.15) is 47.0 Å². The van der Waals surface area contributed by atoms with Gasteiger partial charge in [0, 0.05) is 24.7 Å². The summed E-state index contributed by atoms with van der Waals surface area (Å²) in [6, 6.07) is 0. The maximum absolute atomic E-state index is 13.2. The molecule has 158 valence electrons. The topological polar surface area (TPSA) is 91.4 Å². The number of Topliss-reactive ketones (excluding diaryl/α,β-unsaturated/α-hetero) is 1. The van der Waals surface area contributed by atoms with Gasteiger partial charge in [-0.05, 0) is 30.3 Å². The molecular formula is C22H28O7. The zero-order valence-electron chi connectivity index (χ0n) is 17.4. The normalized spacial score (nSPS) is 50.6. The van der Waals surface area contributed by atoms with Crippen LogP contribution in [0.15, 0.2) is 11.6 Å². The second-order valence-corrected chi connectivity index (χ2v) is 9.87. The Hall–Kier alpha value is -1.73. The summed E-state index contributed by atoms with van der Waals surface area (Å²) in [6.07, 6.45) is 2.25. The quantitative estimate of drug-likeness (QED) is 0.513. The highest BCUT2D eigenvalue weighted by atomic mass is 16.6. The first-order chi connectivity index (χ1) is 13.6. The SMILES string of the molecule is CC(=O)O[C@H]1C[C@@H](C)[C@]2(C)C[C@@H](C3=CCOC3=O)O[C@@H]3CC(=O)[C@]4(CO4)[C@@]1(C)[C@H]32. The molecule has 2 aliphatic carbocycles. The Bertz CT molecular complexity index is 827. The standard InChI is InChI=1S/C22H28O7/c1-11-7-17(28-12(2)23)21(4)18-14(8-16(24)22(21)10-27-22)29-15(9-20(11,18)3)13-5-6-26-19(13)25/h5,11,14-15,17-18H,6-10H2,1-4H3/t11-,14-,15+,17+,18-,20+,21-,22-/m1/s1. The van der Waals surface area contributed by atoms with E-state index in [0.29, 0.717) is 25.0 Å². The number of epoxide rings is 1. The molecule has 4 fully saturated rings. The van der Waals surface area contributed by atoms with Gasteiger partial charge in [0.2, 0.25) is 0 Å². The molecule has 0 unspecified atom stereocenters. The molecule has 0 aromatic carbocycles. The molecule has 7 nitrogen and oxygen atoms in total. The summed E-state index contributed by atoms with van der Waals surface area (Å²) in [5.41, 5.74) is -1.17. The van der Waals surface area contributed by atoms with Gasteiger partial charge in [-0.3, -0.25) is 9.59 Å². The number of ether oxygens (including phenoxy) is 4. The van der Waals surface area contributed by atoms with Crippen molar-refractivity contribution < 1.29 is 33.3 Å². The van der Waals surface area contributed by atoms with Gasteiger partial charge in [-0.15, -0.1) is 0 Å². The number of carbonyl (C=O) groups excluding carboxylic acids is 3. The molecule has 0 bridgehead atoms. The van der Waals surface area contributed by atoms with Gasteiger partial charge in [-0.25, -0.2) is 4.79 Å². The zero-order chi connectivity index (χ0) is 20.8. The van der Waals surface area contributed by atoms with Crippen LogP contribution in [0, 0.1) is 22.7 Å². The van der Waals surface area contributed by atoms with E-state index in [1.54, 1.807) is 6.08 Å². The highest BCUT2D eigenvalue weighted by Gasteiger charge is 2.79. The second-order valence-electron chi connectivity index (χ2n) is 9.87. The fraction of sp³-hybridized carbons (Fsp3) is 0.773. The van der Waals surface area contributed by atoms with Gasteiger partial charge in [0.15, 0.2) is 11.4 Å². The van der Waals surface area contributed by atoms with Crippen molar-refractivity contribution in [2.75, 3.05) is 13.2 Å². The van der Waals surface area contributed by atoms with Crippen LogP contribution < -0.4 is 0 Å². The lowest BCUT2D eigenvalue weighted by molar-refractivity contribution is -0.265. The first-order valence-corrected chi connectivity index (χ1v) is 10.5. The van der Waals surface area contributed by atoms with Gasteiger partial charge in [0.05, 0.1) is 24.4 Å². The maximum Gasteiger partial charge on any atom is 0.336 e. The third kappa shape index (κ3) is 2.34. The summed E-state index contributed by atoms with van der Waals surface area (Å²) in [7, 11) is 0. The lowest BCUT2D eigenvalue weighted by atomic mass is 9.41. The molecule has 0 aromatic rings. The molecular weight excluding hydrogens is 376 g/mol. The summed E-state index contributed by atoms with van der Waals surface area (Å²) in [5, 5.41) is 0. The van der Waals surface area contributed by atoms with Crippen molar-refractivity contribution in [3.63, 3.8) is 0 Å². The van der Waals surface area contributed by atoms with Crippen LogP contribution >= 0.6 is 0 Å². The van der Waals surface area contributed by atoms with Gasteiger partial charge in [-0.1, -0.05) is 20.8 Å². The summed E-state index contributed by atoms with van der Waals surface area (Å²) < 4.78 is 23.2. The van der Waals surface area contributed by atoms with Crippen molar-refractivity contribution in [1.82, 2.24) is 0 Å². The van der Waals surface area contributed by atoms with Crippen molar-refractivity contribution in [3.05, 3.63) is 11.6 Å². The molecule has 5 aliphatic rings. The predicted octanol–water partition coefficient (Wildman–Crippen LogP) is 1.97. The molecule has 2 saturated carbocycles. The highest BCUT2D eigenvalue weighted by molar-refractivity contribution is 5.93. The molecule has 29 heavy (non-hydrogen) atoms. The summed E-state index contributed by atoms with van der Waals surface area (Å²) in [6.45, 7) is 8.51. The molecule has 0 aromatic heterocycles. The van der Waals surface area contributed by atoms with Gasteiger partial charge < -0.3 is 18.9 Å². The number of carbonyl (C=O) groups is 3. The highest BCUT2D eigenvalue weighted by Crippen LogP contribution is 2.70. The first-order valence-electron chi connectivity index (χ1n) is 10.5. The van der Waals surface area contributed by atoms with Gasteiger partial charge in [0.25, 0.3) is 0 Å². The maximum atomic E-state index is 13.2. The van der Waals surface area contributed by atoms with Crippen LogP contribution in [0.2, 0.25) is 0 Å². The van der Waals surface area contributed by atoms with E-state index in [9.17, 15) is 14.4 Å². The van der Waals surface area contributed by atoms with E-state index in [1.165, 1.54) is 6.92 Å². The Morgan fingerprint density at radius 1 is 1.28 bits per heavy atom. The van der Waals surface area contributed by atoms with E-state index < -0.39 is 17.1 Å². The van der Waals surface area contributed by atoms with E-state index in [0.717, 1.165) is 0 Å². The number of esters is 2. The van der Waals surface area contributed by atoms with Crippen LogP contribution in [0.3, 0.4) is 0 Å². The largest absolute Gasteiger partial charge is 0.462 e. The van der Waals surface area contributed by atoms with Crippen molar-refractivity contribution in [3.8, 4) is 0 Å². The molecule has 8 atom stereocenters. The molecule has 0 N–H and O–H groups in total. The second kappa shape index (κ2) is 5.91. The molecule has 1 spiro atoms. The Balaban J connectivity index is 1.60. The predicted molar refractivity (Wildman–Crippen MR) is 99.7 cm³/mol. The molecule has 7 heteroatoms. The van der Waals surface area contributed by atoms with E-state index in [-0.39, 0.29) is 60.2 Å². The van der Waals surface area contributed by atoms with Crippen LogP contribution in [-0.4, -0.2) is 54.8 Å². The van der Waals surface area contributed by atoms with Crippen LogP contribution in [-0.2, 0) is 33.3 Å². The number of hydrogen-bond acceptors (Lipinski definition) is 7. The summed E-state index contributed by atoms with van der Waals surface area (Å²) in [4.78, 5) is 37.3. The number of hydrogen-bond donors (Lipinski definition) is 0. The van der Waals surface area contributed by atoms with E-state index in [1.807, 2.05) is 6.92 Å². The zero-order valence-corrected chi connectivity index (χ0v) is 17.4. The number of ketones is 1. The van der Waals surface area contributed by atoms with E-state index in [2.05, 4.69) is 13.8 Å². The van der Waals surface area contributed by atoms with Gasteiger partial charge in [-0.2, -0.15) is 0 Å². The average Bonchev–Trinajstić information content (AvgIpc) is 3.34. The number of rotatable bonds is 2. The third-order valence-electron chi connectivity index (χ3n) is 8.60. The van der Waals surface area contributed by atoms with E-state index in [4.69, 9.17) is 18.9 Å². The molecule has 3 aliphatic heterocycles. The van der Waals surface area contributed by atoms with E-state index >= 15 is 0 Å². The Morgan fingerprint density at radius 3 is 2.59 bits per heavy atom. The van der Waals surface area contributed by atoms with Crippen molar-refractivity contribution in [2.45, 2.75) is 70.9 Å². The Kier molecular flexibility index (Phi) is 3.92. The van der Waals surface area contributed by atoms with Gasteiger partial charge in [0.1, 0.15) is 12.7 Å². The lowest BCUT2D eigenvalue weighted by Gasteiger charge is -2.66.